The Hall–Kier alpha value is -2.32. The molecule has 2 N–H and O–H groups in total. The van der Waals surface area contributed by atoms with Gasteiger partial charge >= 0.3 is 0 Å². The lowest BCUT2D eigenvalue weighted by Gasteiger charge is -2.03. The minimum absolute atomic E-state index is 0.0689. The molecule has 8 heteroatoms. The minimum Gasteiger partial charge on any atom is -0.507 e. The Balaban J connectivity index is 2.06. The summed E-state index contributed by atoms with van der Waals surface area (Å²) in [6.07, 6.45) is 1.43. The van der Waals surface area contributed by atoms with Crippen LogP contribution in [0.1, 0.15) is 5.56 Å². The topological polar surface area (TPSA) is 66.2 Å². The van der Waals surface area contributed by atoms with Crippen molar-refractivity contribution >= 4 is 34.4 Å². The highest BCUT2D eigenvalue weighted by atomic mass is 79.9. The summed E-state index contributed by atoms with van der Waals surface area (Å²) in [5.74, 6) is -0.110. The van der Waals surface area contributed by atoms with Crippen LogP contribution in [0.25, 0.3) is 11.4 Å². The number of benzene rings is 2. The predicted molar refractivity (Wildman–Crippen MR) is 91.6 cm³/mol. The SMILES string of the molecule is Oc1ccc(Br)cc1/C=N/n1c(-c2ccccc2F)n[nH]c1=S. The lowest BCUT2D eigenvalue weighted by molar-refractivity contribution is 0.474. The number of aromatic nitrogens is 3. The Morgan fingerprint density at radius 1 is 1.30 bits per heavy atom. The van der Waals surface area contributed by atoms with Crippen LogP contribution in [-0.4, -0.2) is 26.2 Å². The highest BCUT2D eigenvalue weighted by molar-refractivity contribution is 9.10. The fourth-order valence-corrected chi connectivity index (χ4v) is 2.52. The Labute approximate surface area is 144 Å². The molecule has 116 valence electrons. The third-order valence-corrected chi connectivity index (χ3v) is 3.82. The van der Waals surface area contributed by atoms with Gasteiger partial charge in [0.1, 0.15) is 11.6 Å². The first-order valence-corrected chi connectivity index (χ1v) is 7.71. The third-order valence-electron chi connectivity index (χ3n) is 3.07. The standard InChI is InChI=1S/C15H10BrFN4OS/c16-10-5-6-13(22)9(7-10)8-18-21-14(19-20-15(21)23)11-3-1-2-4-12(11)17/h1-8,22H,(H,20,23)/b18-8+. The van der Waals surface area contributed by atoms with E-state index >= 15 is 0 Å². The molecule has 0 fully saturated rings. The maximum absolute atomic E-state index is 13.9. The van der Waals surface area contributed by atoms with Crippen LogP contribution in [0.4, 0.5) is 4.39 Å². The summed E-state index contributed by atoms with van der Waals surface area (Å²) in [4.78, 5) is 0. The first-order chi connectivity index (χ1) is 11.1. The number of halogens is 2. The van der Waals surface area contributed by atoms with Crippen LogP contribution in [0.5, 0.6) is 5.75 Å². The molecule has 0 aliphatic heterocycles. The fraction of sp³-hybridized carbons (Fsp3) is 0. The van der Waals surface area contributed by atoms with Crippen LogP contribution >= 0.6 is 28.1 Å². The summed E-state index contributed by atoms with van der Waals surface area (Å²) in [6.45, 7) is 0. The summed E-state index contributed by atoms with van der Waals surface area (Å²) in [7, 11) is 0. The molecule has 1 heterocycles. The van der Waals surface area contributed by atoms with E-state index in [2.05, 4.69) is 31.2 Å². The van der Waals surface area contributed by atoms with Crippen molar-refractivity contribution in [3.05, 3.63) is 63.1 Å². The van der Waals surface area contributed by atoms with Gasteiger partial charge in [-0.05, 0) is 42.5 Å². The zero-order valence-electron chi connectivity index (χ0n) is 11.6. The first-order valence-electron chi connectivity index (χ1n) is 6.51. The van der Waals surface area contributed by atoms with E-state index in [9.17, 15) is 9.50 Å². The lowest BCUT2D eigenvalue weighted by atomic mass is 10.2. The number of phenolic OH excluding ortho intramolecular Hbond substituents is 1. The quantitative estimate of drug-likeness (QED) is 0.520. The van der Waals surface area contributed by atoms with Gasteiger partial charge < -0.3 is 5.11 Å². The van der Waals surface area contributed by atoms with Crippen LogP contribution in [0, 0.1) is 10.6 Å². The number of aromatic amines is 1. The number of rotatable bonds is 3. The van der Waals surface area contributed by atoms with Gasteiger partial charge in [-0.15, -0.1) is 0 Å². The fourth-order valence-electron chi connectivity index (χ4n) is 1.96. The molecule has 0 spiro atoms. The van der Waals surface area contributed by atoms with Gasteiger partial charge in [0.15, 0.2) is 5.82 Å². The molecule has 0 saturated heterocycles. The molecule has 2 aromatic carbocycles. The van der Waals surface area contributed by atoms with Gasteiger partial charge in [-0.2, -0.15) is 14.9 Å². The first kappa shape index (κ1) is 15.6. The number of hydrogen-bond acceptors (Lipinski definition) is 4. The summed E-state index contributed by atoms with van der Waals surface area (Å²) >= 11 is 8.45. The second-order valence-corrected chi connectivity index (χ2v) is 5.89. The number of aromatic hydroxyl groups is 1. The Bertz CT molecular complexity index is 951. The van der Waals surface area contributed by atoms with Crippen molar-refractivity contribution in [1.82, 2.24) is 14.9 Å². The van der Waals surface area contributed by atoms with E-state index in [1.807, 2.05) is 0 Å². The normalized spacial score (nSPS) is 11.2. The van der Waals surface area contributed by atoms with Crippen LogP contribution in [-0.2, 0) is 0 Å². The predicted octanol–water partition coefficient (Wildman–Crippen LogP) is 4.10. The average molecular weight is 393 g/mol. The lowest BCUT2D eigenvalue weighted by Crippen LogP contribution is -1.97. The molecule has 0 aliphatic rings. The van der Waals surface area contributed by atoms with Gasteiger partial charge in [-0.25, -0.2) is 9.49 Å². The van der Waals surface area contributed by atoms with Crippen molar-refractivity contribution in [2.45, 2.75) is 0 Å². The third kappa shape index (κ3) is 3.22. The summed E-state index contributed by atoms with van der Waals surface area (Å²) < 4.78 is 16.3. The van der Waals surface area contributed by atoms with Crippen molar-refractivity contribution in [3.63, 3.8) is 0 Å². The maximum atomic E-state index is 13.9. The van der Waals surface area contributed by atoms with Crippen molar-refractivity contribution in [3.8, 4) is 17.1 Å². The van der Waals surface area contributed by atoms with Crippen LogP contribution in [0.3, 0.4) is 0 Å². The largest absolute Gasteiger partial charge is 0.507 e. The van der Waals surface area contributed by atoms with Crippen molar-refractivity contribution in [2.75, 3.05) is 0 Å². The molecule has 23 heavy (non-hydrogen) atoms. The second kappa shape index (κ2) is 6.43. The van der Waals surface area contributed by atoms with Crippen molar-refractivity contribution in [1.29, 1.82) is 0 Å². The van der Waals surface area contributed by atoms with Gasteiger partial charge in [0.25, 0.3) is 0 Å². The summed E-state index contributed by atoms with van der Waals surface area (Å²) in [5.41, 5.74) is 0.762. The van der Waals surface area contributed by atoms with E-state index < -0.39 is 5.82 Å². The molecule has 0 aliphatic carbocycles. The van der Waals surface area contributed by atoms with E-state index in [1.54, 1.807) is 30.3 Å². The molecule has 3 rings (SSSR count). The van der Waals surface area contributed by atoms with E-state index in [0.717, 1.165) is 4.47 Å². The summed E-state index contributed by atoms with van der Waals surface area (Å²) in [5, 5.41) is 20.6. The smallest absolute Gasteiger partial charge is 0.216 e. The monoisotopic (exact) mass is 392 g/mol. The van der Waals surface area contributed by atoms with Crippen LogP contribution in [0.2, 0.25) is 0 Å². The molecule has 0 radical (unpaired) electrons. The number of nitrogens with zero attached hydrogens (tertiary/aromatic N) is 3. The van der Waals surface area contributed by atoms with Crippen LogP contribution < -0.4 is 0 Å². The molecule has 3 aromatic rings. The van der Waals surface area contributed by atoms with Crippen molar-refractivity contribution < 1.29 is 9.50 Å². The molecule has 1 aromatic heterocycles. The van der Waals surface area contributed by atoms with Gasteiger partial charge in [-0.1, -0.05) is 28.1 Å². The molecule has 0 amide bonds. The Morgan fingerprint density at radius 2 is 2.09 bits per heavy atom. The molecule has 0 unspecified atom stereocenters. The zero-order chi connectivity index (χ0) is 16.4. The second-order valence-electron chi connectivity index (χ2n) is 4.59. The molecular formula is C15H10BrFN4OS. The van der Waals surface area contributed by atoms with E-state index in [-0.39, 0.29) is 21.9 Å². The molecule has 0 atom stereocenters. The number of nitrogens with one attached hydrogen (secondary N) is 1. The minimum atomic E-state index is -0.428. The van der Waals surface area contributed by atoms with Gasteiger partial charge in [-0.3, -0.25) is 0 Å². The highest BCUT2D eigenvalue weighted by Crippen LogP contribution is 2.22. The van der Waals surface area contributed by atoms with Crippen molar-refractivity contribution in [2.24, 2.45) is 5.10 Å². The van der Waals surface area contributed by atoms with Crippen LogP contribution in [0.15, 0.2) is 52.0 Å². The highest BCUT2D eigenvalue weighted by Gasteiger charge is 2.12. The summed E-state index contributed by atoms with van der Waals surface area (Å²) in [6, 6.07) is 11.2. The van der Waals surface area contributed by atoms with Gasteiger partial charge in [0.2, 0.25) is 4.77 Å². The molecule has 5 nitrogen and oxygen atoms in total. The van der Waals surface area contributed by atoms with E-state index in [0.29, 0.717) is 5.56 Å². The number of phenols is 1. The molecule has 0 bridgehead atoms. The number of H-pyrrole nitrogens is 1. The Morgan fingerprint density at radius 3 is 2.87 bits per heavy atom. The van der Waals surface area contributed by atoms with E-state index in [4.69, 9.17) is 12.2 Å². The molecular weight excluding hydrogens is 383 g/mol. The van der Waals surface area contributed by atoms with Gasteiger partial charge in [0.05, 0.1) is 11.8 Å². The molecule has 0 saturated carbocycles. The zero-order valence-corrected chi connectivity index (χ0v) is 14.0. The average Bonchev–Trinajstić information content (AvgIpc) is 2.89. The maximum Gasteiger partial charge on any atom is 0.216 e. The number of hydrogen-bond donors (Lipinski definition) is 2. The Kier molecular flexibility index (Phi) is 4.35. The van der Waals surface area contributed by atoms with E-state index in [1.165, 1.54) is 23.0 Å². The van der Waals surface area contributed by atoms with Gasteiger partial charge in [0, 0.05) is 10.0 Å².